The van der Waals surface area contributed by atoms with Crippen LogP contribution < -0.4 is 19.7 Å². The van der Waals surface area contributed by atoms with E-state index >= 15 is 0 Å². The predicted molar refractivity (Wildman–Crippen MR) is 184 cm³/mol. The van der Waals surface area contributed by atoms with Crippen LogP contribution in [0.4, 0.5) is 22.1 Å². The second kappa shape index (κ2) is 17.0. The van der Waals surface area contributed by atoms with Crippen molar-refractivity contribution in [3.8, 4) is 11.5 Å². The Labute approximate surface area is 286 Å². The minimum atomic E-state index is -0.545. The largest absolute Gasteiger partial charge is 0.497 e. The first-order chi connectivity index (χ1) is 23.0. The van der Waals surface area contributed by atoms with Crippen LogP contribution in [0.3, 0.4) is 0 Å². The van der Waals surface area contributed by atoms with Crippen molar-refractivity contribution in [1.29, 1.82) is 0 Å². The molecular formula is C35H44ClN5O7. The number of halogens is 1. The minimum absolute atomic E-state index is 0.101. The Morgan fingerprint density at radius 1 is 1.06 bits per heavy atom. The molecule has 0 aliphatic carbocycles. The first-order valence-electron chi connectivity index (χ1n) is 16.0. The summed E-state index contributed by atoms with van der Waals surface area (Å²) in [6.07, 6.45) is 4.61. The zero-order valence-corrected chi connectivity index (χ0v) is 28.9. The van der Waals surface area contributed by atoms with Gasteiger partial charge < -0.3 is 34.1 Å². The molecule has 258 valence electrons. The van der Waals surface area contributed by atoms with E-state index < -0.39 is 5.60 Å². The third kappa shape index (κ3) is 10.5. The summed E-state index contributed by atoms with van der Waals surface area (Å²) in [5, 5.41) is 3.60. The Morgan fingerprint density at radius 2 is 1.79 bits per heavy atom. The number of esters is 1. The van der Waals surface area contributed by atoms with E-state index in [-0.39, 0.29) is 23.7 Å². The van der Waals surface area contributed by atoms with Crippen LogP contribution in [-0.2, 0) is 20.8 Å². The summed E-state index contributed by atoms with van der Waals surface area (Å²) in [5.74, 6) is 1.78. The van der Waals surface area contributed by atoms with Crippen molar-refractivity contribution in [3.05, 3.63) is 64.9 Å². The van der Waals surface area contributed by atoms with E-state index in [1.807, 2.05) is 49.9 Å². The molecule has 48 heavy (non-hydrogen) atoms. The number of benzene rings is 2. The number of anilines is 3. The van der Waals surface area contributed by atoms with Gasteiger partial charge in [-0.3, -0.25) is 9.59 Å². The maximum absolute atomic E-state index is 12.5. The van der Waals surface area contributed by atoms with Gasteiger partial charge in [-0.2, -0.15) is 0 Å². The maximum Gasteiger partial charge on any atom is 0.410 e. The Kier molecular flexibility index (Phi) is 12.8. The highest BCUT2D eigenvalue weighted by molar-refractivity contribution is 6.32. The smallest absolute Gasteiger partial charge is 0.410 e. The lowest BCUT2D eigenvalue weighted by atomic mass is 10.1. The van der Waals surface area contributed by atoms with Gasteiger partial charge in [-0.1, -0.05) is 23.7 Å². The van der Waals surface area contributed by atoms with E-state index in [9.17, 15) is 14.4 Å². The highest BCUT2D eigenvalue weighted by atomic mass is 35.5. The fourth-order valence-electron chi connectivity index (χ4n) is 5.20. The second-order valence-electron chi connectivity index (χ2n) is 12.4. The first-order valence-corrected chi connectivity index (χ1v) is 16.3. The minimum Gasteiger partial charge on any atom is -0.497 e. The molecule has 12 nitrogen and oxygen atoms in total. The molecule has 0 spiro atoms. The van der Waals surface area contributed by atoms with Crippen molar-refractivity contribution in [2.24, 2.45) is 0 Å². The number of methoxy groups -OCH3 is 2. The SMILES string of the molecule is COC(=O)CCCCN(Cc1ccc(OC)cc1)c1ncnc(Nc2ccc(OC3CCN(C(=O)OC(C)(C)C)CC3)c(Cl)c2)c1C=O. The van der Waals surface area contributed by atoms with Crippen molar-refractivity contribution >= 4 is 47.3 Å². The average molecular weight is 682 g/mol. The Bertz CT molecular complexity index is 1540. The fraction of sp³-hybridized carbons (Fsp3) is 0.457. The Balaban J connectivity index is 1.45. The number of piperidine rings is 1. The van der Waals surface area contributed by atoms with Gasteiger partial charge in [0.2, 0.25) is 0 Å². The molecule has 1 saturated heterocycles. The number of carbonyl (C=O) groups excluding carboxylic acids is 3. The lowest BCUT2D eigenvalue weighted by molar-refractivity contribution is -0.140. The number of ether oxygens (including phenoxy) is 4. The molecular weight excluding hydrogens is 638 g/mol. The maximum atomic E-state index is 12.5. The highest BCUT2D eigenvalue weighted by Gasteiger charge is 2.28. The van der Waals surface area contributed by atoms with Gasteiger partial charge in [0.05, 0.1) is 24.8 Å². The number of likely N-dealkylation sites (tertiary alicyclic amines) is 1. The highest BCUT2D eigenvalue weighted by Crippen LogP contribution is 2.33. The molecule has 0 atom stereocenters. The van der Waals surface area contributed by atoms with Gasteiger partial charge in [-0.05, 0) is 69.5 Å². The monoisotopic (exact) mass is 681 g/mol. The van der Waals surface area contributed by atoms with Crippen LogP contribution in [0.2, 0.25) is 5.02 Å². The number of aromatic nitrogens is 2. The number of carbonyl (C=O) groups is 3. The summed E-state index contributed by atoms with van der Waals surface area (Å²) in [6.45, 7) is 7.61. The number of nitrogens with one attached hydrogen (secondary N) is 1. The van der Waals surface area contributed by atoms with Crippen molar-refractivity contribution in [1.82, 2.24) is 14.9 Å². The molecule has 3 aromatic rings. The standard InChI is InChI=1S/C35H44ClN5O7/c1-35(2,3)48-34(44)40-18-15-27(16-19-40)47-30-14-11-25(20-29(30)36)39-32-28(22-42)33(38-23-37-32)41(17-7-6-8-31(43)46-5)21-24-9-12-26(45-4)13-10-24/h9-14,20,22-23,27H,6-8,15-19,21H2,1-5H3,(H,37,38,39). The van der Waals surface area contributed by atoms with E-state index in [1.54, 1.807) is 30.2 Å². The number of unbranched alkanes of at least 4 members (excludes halogenated alkanes) is 1. The molecule has 2 heterocycles. The summed E-state index contributed by atoms with van der Waals surface area (Å²) in [6, 6.07) is 12.9. The van der Waals surface area contributed by atoms with E-state index in [0.717, 1.165) is 17.6 Å². The lowest BCUT2D eigenvalue weighted by Gasteiger charge is -2.33. The van der Waals surface area contributed by atoms with Gasteiger partial charge >= 0.3 is 12.1 Å². The topological polar surface area (TPSA) is 132 Å². The number of aldehydes is 1. The van der Waals surface area contributed by atoms with Crippen molar-refractivity contribution in [3.63, 3.8) is 0 Å². The first kappa shape index (κ1) is 36.3. The molecule has 0 radical (unpaired) electrons. The van der Waals surface area contributed by atoms with Crippen LogP contribution in [-0.4, -0.2) is 78.8 Å². The number of hydrogen-bond donors (Lipinski definition) is 1. The van der Waals surface area contributed by atoms with Gasteiger partial charge in [0.15, 0.2) is 6.29 Å². The number of amides is 1. The van der Waals surface area contributed by atoms with E-state index in [0.29, 0.717) is 86.4 Å². The predicted octanol–water partition coefficient (Wildman–Crippen LogP) is 6.82. The second-order valence-corrected chi connectivity index (χ2v) is 12.8. The zero-order chi connectivity index (χ0) is 34.7. The normalized spacial score (nSPS) is 13.4. The van der Waals surface area contributed by atoms with Crippen LogP contribution in [0.1, 0.15) is 68.8 Å². The molecule has 1 N–H and O–H groups in total. The lowest BCUT2D eigenvalue weighted by Crippen LogP contribution is -2.44. The van der Waals surface area contributed by atoms with Crippen LogP contribution in [0.15, 0.2) is 48.8 Å². The molecule has 0 unspecified atom stereocenters. The quantitative estimate of drug-likeness (QED) is 0.109. The van der Waals surface area contributed by atoms with Crippen molar-refractivity contribution in [2.45, 2.75) is 71.1 Å². The zero-order valence-electron chi connectivity index (χ0n) is 28.2. The van der Waals surface area contributed by atoms with Crippen LogP contribution in [0.25, 0.3) is 0 Å². The molecule has 0 bridgehead atoms. The van der Waals surface area contributed by atoms with Crippen molar-refractivity contribution in [2.75, 3.05) is 44.1 Å². The molecule has 4 rings (SSSR count). The number of rotatable bonds is 14. The molecule has 0 saturated carbocycles. The molecule has 1 aliphatic rings. The van der Waals surface area contributed by atoms with E-state index in [4.69, 9.17) is 30.5 Å². The Hall–Kier alpha value is -4.58. The van der Waals surface area contributed by atoms with E-state index in [2.05, 4.69) is 15.3 Å². The van der Waals surface area contributed by atoms with Gasteiger partial charge in [-0.25, -0.2) is 14.8 Å². The van der Waals surface area contributed by atoms with Gasteiger partial charge in [0.1, 0.15) is 41.2 Å². The summed E-state index contributed by atoms with van der Waals surface area (Å²) in [4.78, 5) is 49.1. The number of nitrogens with zero attached hydrogens (tertiary/aromatic N) is 4. The van der Waals surface area contributed by atoms with Crippen LogP contribution >= 0.6 is 11.6 Å². The summed E-state index contributed by atoms with van der Waals surface area (Å²) in [5.41, 5.74) is 1.34. The molecule has 2 aromatic carbocycles. The van der Waals surface area contributed by atoms with Gasteiger partial charge in [-0.15, -0.1) is 0 Å². The van der Waals surface area contributed by atoms with Crippen LogP contribution in [0, 0.1) is 0 Å². The van der Waals surface area contributed by atoms with Crippen LogP contribution in [0.5, 0.6) is 11.5 Å². The fourth-order valence-corrected chi connectivity index (χ4v) is 5.43. The third-order valence-electron chi connectivity index (χ3n) is 7.68. The van der Waals surface area contributed by atoms with Crippen molar-refractivity contribution < 1.29 is 33.3 Å². The molecule has 1 fully saturated rings. The summed E-state index contributed by atoms with van der Waals surface area (Å²) >= 11 is 6.64. The summed E-state index contributed by atoms with van der Waals surface area (Å²) in [7, 11) is 2.98. The van der Waals surface area contributed by atoms with Gasteiger partial charge in [0, 0.05) is 51.1 Å². The Morgan fingerprint density at radius 3 is 2.42 bits per heavy atom. The molecule has 1 aliphatic heterocycles. The third-order valence-corrected chi connectivity index (χ3v) is 7.98. The van der Waals surface area contributed by atoms with E-state index in [1.165, 1.54) is 13.4 Å². The molecule has 1 amide bonds. The van der Waals surface area contributed by atoms with Gasteiger partial charge in [0.25, 0.3) is 0 Å². The molecule has 13 heteroatoms. The number of hydrogen-bond acceptors (Lipinski definition) is 11. The molecule has 1 aromatic heterocycles. The average Bonchev–Trinajstić information content (AvgIpc) is 3.07. The summed E-state index contributed by atoms with van der Waals surface area (Å²) < 4.78 is 21.7.